The smallest absolute Gasteiger partial charge is 0.325 e. The van der Waals surface area contributed by atoms with E-state index in [1.165, 1.54) is 11.8 Å². The number of benzene rings is 1. The van der Waals surface area contributed by atoms with Gasteiger partial charge in [0.25, 0.3) is 0 Å². The second-order valence-corrected chi connectivity index (χ2v) is 4.29. The van der Waals surface area contributed by atoms with Crippen molar-refractivity contribution in [3.63, 3.8) is 0 Å². The number of hydrogen-bond acceptors (Lipinski definition) is 2. The molecule has 0 radical (unpaired) electrons. The van der Waals surface area contributed by atoms with Crippen molar-refractivity contribution in [1.82, 2.24) is 10.2 Å². The van der Waals surface area contributed by atoms with Crippen molar-refractivity contribution in [2.75, 3.05) is 7.05 Å². The number of nitrogens with zero attached hydrogens (tertiary/aromatic N) is 1. The zero-order chi connectivity index (χ0) is 13.7. The highest BCUT2D eigenvalue weighted by Crippen LogP contribution is 2.09. The summed E-state index contributed by atoms with van der Waals surface area (Å²) in [4.78, 5) is 23.8. The molecule has 0 aromatic heterocycles. The molecular weight excluding hydrogens is 232 g/mol. The Kier molecular flexibility index (Phi) is 4.71. The van der Waals surface area contributed by atoms with Crippen LogP contribution in [0.2, 0.25) is 0 Å². The van der Waals surface area contributed by atoms with Crippen molar-refractivity contribution >= 4 is 12.0 Å². The number of amides is 2. The van der Waals surface area contributed by atoms with Gasteiger partial charge in [-0.15, -0.1) is 0 Å². The fraction of sp³-hybridized carbons (Fsp3) is 0.385. The minimum absolute atomic E-state index is 0.395. The lowest BCUT2D eigenvalue weighted by Crippen LogP contribution is -2.44. The molecule has 0 spiro atoms. The van der Waals surface area contributed by atoms with E-state index in [1.807, 2.05) is 31.2 Å². The molecule has 0 aliphatic rings. The average molecular weight is 250 g/mol. The van der Waals surface area contributed by atoms with Crippen LogP contribution in [0, 0.1) is 6.92 Å². The van der Waals surface area contributed by atoms with E-state index < -0.39 is 18.0 Å². The van der Waals surface area contributed by atoms with E-state index in [4.69, 9.17) is 5.11 Å². The molecule has 98 valence electrons. The summed E-state index contributed by atoms with van der Waals surface area (Å²) in [5.41, 5.74) is 2.14. The molecule has 0 aliphatic heterocycles. The molecule has 2 N–H and O–H groups in total. The molecule has 5 nitrogen and oxygen atoms in total. The summed E-state index contributed by atoms with van der Waals surface area (Å²) in [6.07, 6.45) is 0. The minimum atomic E-state index is -1.05. The highest BCUT2D eigenvalue weighted by molar-refractivity contribution is 5.82. The second kappa shape index (κ2) is 6.05. The summed E-state index contributed by atoms with van der Waals surface area (Å²) >= 11 is 0. The van der Waals surface area contributed by atoms with Gasteiger partial charge in [-0.05, 0) is 25.0 Å². The number of urea groups is 1. The fourth-order valence-electron chi connectivity index (χ4n) is 1.47. The maximum atomic E-state index is 11.7. The number of carbonyl (C=O) groups is 2. The Morgan fingerprint density at radius 1 is 1.39 bits per heavy atom. The van der Waals surface area contributed by atoms with Crippen LogP contribution in [0.15, 0.2) is 24.3 Å². The van der Waals surface area contributed by atoms with Gasteiger partial charge in [-0.1, -0.05) is 24.3 Å². The molecule has 0 aliphatic carbocycles. The predicted octanol–water partition coefficient (Wildman–Crippen LogP) is 1.61. The fourth-order valence-corrected chi connectivity index (χ4v) is 1.47. The van der Waals surface area contributed by atoms with E-state index in [0.717, 1.165) is 11.1 Å². The van der Waals surface area contributed by atoms with Crippen molar-refractivity contribution in [2.24, 2.45) is 0 Å². The molecule has 1 rings (SSSR count). The number of rotatable bonds is 4. The van der Waals surface area contributed by atoms with Crippen molar-refractivity contribution in [3.8, 4) is 0 Å². The van der Waals surface area contributed by atoms with Gasteiger partial charge in [-0.3, -0.25) is 4.79 Å². The first-order chi connectivity index (χ1) is 8.41. The van der Waals surface area contributed by atoms with Gasteiger partial charge in [0.15, 0.2) is 0 Å². The Balaban J connectivity index is 2.60. The van der Waals surface area contributed by atoms with Crippen LogP contribution in [0.4, 0.5) is 4.79 Å². The molecule has 18 heavy (non-hydrogen) atoms. The summed E-state index contributed by atoms with van der Waals surface area (Å²) in [5.74, 6) is -1.05. The van der Waals surface area contributed by atoms with Gasteiger partial charge >= 0.3 is 12.0 Å². The van der Waals surface area contributed by atoms with Crippen LogP contribution < -0.4 is 5.32 Å². The highest BCUT2D eigenvalue weighted by atomic mass is 16.4. The average Bonchev–Trinajstić information content (AvgIpc) is 2.31. The molecule has 0 unspecified atom stereocenters. The van der Waals surface area contributed by atoms with Gasteiger partial charge in [0.1, 0.15) is 6.04 Å². The third-order valence-electron chi connectivity index (χ3n) is 2.73. The van der Waals surface area contributed by atoms with Crippen molar-refractivity contribution in [2.45, 2.75) is 26.4 Å². The molecule has 1 aromatic carbocycles. The van der Waals surface area contributed by atoms with E-state index in [9.17, 15) is 9.59 Å². The van der Waals surface area contributed by atoms with Crippen molar-refractivity contribution in [1.29, 1.82) is 0 Å². The van der Waals surface area contributed by atoms with Gasteiger partial charge in [-0.25, -0.2) is 4.79 Å². The Bertz CT molecular complexity index is 446. The lowest BCUT2D eigenvalue weighted by Gasteiger charge is -2.20. The van der Waals surface area contributed by atoms with Crippen LogP contribution in [0.3, 0.4) is 0 Å². The Hall–Kier alpha value is -2.04. The van der Waals surface area contributed by atoms with Crippen LogP contribution in [0.25, 0.3) is 0 Å². The van der Waals surface area contributed by atoms with E-state index in [1.54, 1.807) is 7.05 Å². The van der Waals surface area contributed by atoms with E-state index in [0.29, 0.717) is 6.54 Å². The monoisotopic (exact) mass is 250 g/mol. The first-order valence-corrected chi connectivity index (χ1v) is 5.70. The molecule has 0 saturated carbocycles. The van der Waals surface area contributed by atoms with Crippen LogP contribution in [-0.2, 0) is 11.3 Å². The second-order valence-electron chi connectivity index (χ2n) is 4.29. The molecule has 0 saturated heterocycles. The molecular formula is C13H18N2O3. The number of carboxylic acids is 1. The van der Waals surface area contributed by atoms with E-state index in [2.05, 4.69) is 5.32 Å². The summed E-state index contributed by atoms with van der Waals surface area (Å²) in [5, 5.41) is 11.1. The molecule has 1 aromatic rings. The Morgan fingerprint density at radius 2 is 2.00 bits per heavy atom. The maximum Gasteiger partial charge on any atom is 0.325 e. The summed E-state index contributed by atoms with van der Waals surface area (Å²) in [6.45, 7) is 3.85. The van der Waals surface area contributed by atoms with Gasteiger partial charge in [0.2, 0.25) is 0 Å². The topological polar surface area (TPSA) is 69.6 Å². The number of hydrogen-bond donors (Lipinski definition) is 2. The molecule has 0 heterocycles. The lowest BCUT2D eigenvalue weighted by molar-refractivity contribution is -0.138. The molecule has 2 amide bonds. The molecule has 0 bridgehead atoms. The van der Waals surface area contributed by atoms with Crippen LogP contribution >= 0.6 is 0 Å². The Labute approximate surface area is 106 Å². The van der Waals surface area contributed by atoms with Crippen LogP contribution in [-0.4, -0.2) is 35.1 Å². The summed E-state index contributed by atoms with van der Waals surface area (Å²) in [6, 6.07) is 6.48. The zero-order valence-corrected chi connectivity index (χ0v) is 10.8. The number of carboxylic acid groups (broad SMARTS) is 1. The highest BCUT2D eigenvalue weighted by Gasteiger charge is 2.17. The normalized spacial score (nSPS) is 11.7. The van der Waals surface area contributed by atoms with Gasteiger partial charge in [0, 0.05) is 13.6 Å². The number of nitrogens with one attached hydrogen (secondary N) is 1. The summed E-state index contributed by atoms with van der Waals surface area (Å²) in [7, 11) is 1.64. The quantitative estimate of drug-likeness (QED) is 0.853. The van der Waals surface area contributed by atoms with Gasteiger partial charge < -0.3 is 15.3 Å². The first-order valence-electron chi connectivity index (χ1n) is 5.70. The molecule has 0 fully saturated rings. The number of aliphatic carboxylic acids is 1. The summed E-state index contributed by atoms with van der Waals surface area (Å²) < 4.78 is 0. The number of aryl methyl sites for hydroxylation is 1. The Morgan fingerprint density at radius 3 is 2.56 bits per heavy atom. The predicted molar refractivity (Wildman–Crippen MR) is 68.3 cm³/mol. The third kappa shape index (κ3) is 3.76. The third-order valence-corrected chi connectivity index (χ3v) is 2.73. The zero-order valence-electron chi connectivity index (χ0n) is 10.8. The lowest BCUT2D eigenvalue weighted by atomic mass is 10.1. The maximum absolute atomic E-state index is 11.7. The van der Waals surface area contributed by atoms with Crippen molar-refractivity contribution in [3.05, 3.63) is 35.4 Å². The van der Waals surface area contributed by atoms with Crippen LogP contribution in [0.1, 0.15) is 18.1 Å². The molecule has 5 heteroatoms. The standard InChI is InChI=1S/C13H18N2O3/c1-9-6-4-5-7-11(9)8-15(3)13(18)14-10(2)12(16)17/h4-7,10H,8H2,1-3H3,(H,14,18)(H,16,17)/t10-/m0/s1. The van der Waals surface area contributed by atoms with E-state index in [-0.39, 0.29) is 0 Å². The molecule has 1 atom stereocenters. The van der Waals surface area contributed by atoms with E-state index >= 15 is 0 Å². The largest absolute Gasteiger partial charge is 0.480 e. The SMILES string of the molecule is Cc1ccccc1CN(C)C(=O)N[C@@H](C)C(=O)O. The van der Waals surface area contributed by atoms with Gasteiger partial charge in [-0.2, -0.15) is 0 Å². The van der Waals surface area contributed by atoms with Crippen molar-refractivity contribution < 1.29 is 14.7 Å². The minimum Gasteiger partial charge on any atom is -0.480 e. The first kappa shape index (κ1) is 14.0. The van der Waals surface area contributed by atoms with Crippen LogP contribution in [0.5, 0.6) is 0 Å². The van der Waals surface area contributed by atoms with Gasteiger partial charge in [0.05, 0.1) is 0 Å². The number of carbonyl (C=O) groups excluding carboxylic acids is 1.